The van der Waals surface area contributed by atoms with E-state index in [1.165, 1.54) is 0 Å². The molecule has 0 saturated carbocycles. The summed E-state index contributed by atoms with van der Waals surface area (Å²) < 4.78 is 0. The van der Waals surface area contributed by atoms with E-state index >= 15 is 0 Å². The zero-order valence-electron chi connectivity index (χ0n) is 19.0. The molecule has 2 aliphatic rings. The second kappa shape index (κ2) is 9.61. The summed E-state index contributed by atoms with van der Waals surface area (Å²) >= 11 is 6.27. The SMILES string of the molecule is O=C(c1ccccc1Cl)N1CCC2(CC1)N[C@@H](Cc1ccccc1)C(=O)N2Cc1ccccc1. The highest BCUT2D eigenvalue weighted by atomic mass is 35.5. The van der Waals surface area contributed by atoms with E-state index in [0.29, 0.717) is 49.5 Å². The third-order valence-corrected chi connectivity index (χ3v) is 7.30. The highest BCUT2D eigenvalue weighted by molar-refractivity contribution is 6.33. The summed E-state index contributed by atoms with van der Waals surface area (Å²) in [7, 11) is 0. The molecule has 0 radical (unpaired) electrons. The summed E-state index contributed by atoms with van der Waals surface area (Å²) in [6.45, 7) is 1.68. The largest absolute Gasteiger partial charge is 0.338 e. The standard InChI is InChI=1S/C28H28ClN3O2/c29-24-14-8-7-13-23(24)26(33)31-17-15-28(16-18-31)30-25(19-21-9-3-1-4-10-21)27(34)32(28)20-22-11-5-2-6-12-22/h1-14,25,30H,15-20H2/t25-/m0/s1. The Morgan fingerprint density at radius 2 is 1.47 bits per heavy atom. The Kier molecular flexibility index (Phi) is 6.40. The smallest absolute Gasteiger partial charge is 0.255 e. The van der Waals surface area contributed by atoms with Crippen molar-refractivity contribution >= 4 is 23.4 Å². The number of benzene rings is 3. The van der Waals surface area contributed by atoms with Crippen LogP contribution >= 0.6 is 11.6 Å². The van der Waals surface area contributed by atoms with Crippen LogP contribution in [0.5, 0.6) is 0 Å². The van der Waals surface area contributed by atoms with Crippen LogP contribution in [0.1, 0.15) is 34.3 Å². The fourth-order valence-electron chi connectivity index (χ4n) is 5.15. The summed E-state index contributed by atoms with van der Waals surface area (Å²) in [5, 5.41) is 4.17. The summed E-state index contributed by atoms with van der Waals surface area (Å²) in [4.78, 5) is 30.6. The molecule has 3 aromatic rings. The lowest BCUT2D eigenvalue weighted by atomic mass is 9.94. The van der Waals surface area contributed by atoms with E-state index in [9.17, 15) is 9.59 Å². The minimum absolute atomic E-state index is 0.0554. The molecule has 34 heavy (non-hydrogen) atoms. The zero-order valence-corrected chi connectivity index (χ0v) is 19.7. The third-order valence-electron chi connectivity index (χ3n) is 6.97. The molecule has 0 unspecified atom stereocenters. The van der Waals surface area contributed by atoms with Gasteiger partial charge in [-0.1, -0.05) is 84.4 Å². The maximum absolute atomic E-state index is 13.6. The van der Waals surface area contributed by atoms with Crippen LogP contribution in [-0.4, -0.2) is 46.4 Å². The molecular weight excluding hydrogens is 446 g/mol. The minimum Gasteiger partial charge on any atom is -0.338 e. The van der Waals surface area contributed by atoms with Crippen LogP contribution in [0.4, 0.5) is 0 Å². The lowest BCUT2D eigenvalue weighted by Crippen LogP contribution is -2.59. The first-order valence-corrected chi connectivity index (χ1v) is 12.1. The number of halogens is 1. The third kappa shape index (κ3) is 4.46. The molecule has 2 heterocycles. The van der Waals surface area contributed by atoms with Gasteiger partial charge in [0.15, 0.2) is 0 Å². The lowest BCUT2D eigenvalue weighted by Gasteiger charge is -2.44. The molecule has 2 aliphatic heterocycles. The van der Waals surface area contributed by atoms with E-state index in [0.717, 1.165) is 11.1 Å². The van der Waals surface area contributed by atoms with Crippen LogP contribution in [-0.2, 0) is 17.8 Å². The molecule has 0 bridgehead atoms. The molecule has 2 fully saturated rings. The van der Waals surface area contributed by atoms with Gasteiger partial charge in [-0.2, -0.15) is 0 Å². The number of hydrogen-bond acceptors (Lipinski definition) is 3. The van der Waals surface area contributed by atoms with Crippen molar-refractivity contribution < 1.29 is 9.59 Å². The summed E-state index contributed by atoms with van der Waals surface area (Å²) in [6.07, 6.45) is 2.00. The molecule has 1 atom stereocenters. The maximum Gasteiger partial charge on any atom is 0.255 e. The molecular formula is C28H28ClN3O2. The van der Waals surface area contributed by atoms with Gasteiger partial charge in [-0.3, -0.25) is 14.9 Å². The zero-order chi connectivity index (χ0) is 23.5. The van der Waals surface area contributed by atoms with Gasteiger partial charge in [0, 0.05) is 32.5 Å². The number of carbonyl (C=O) groups excluding carboxylic acids is 2. The predicted molar refractivity (Wildman–Crippen MR) is 133 cm³/mol. The topological polar surface area (TPSA) is 52.7 Å². The van der Waals surface area contributed by atoms with E-state index in [1.54, 1.807) is 12.1 Å². The van der Waals surface area contributed by atoms with E-state index < -0.39 is 5.66 Å². The first-order valence-electron chi connectivity index (χ1n) is 11.8. The van der Waals surface area contributed by atoms with E-state index in [4.69, 9.17) is 11.6 Å². The molecule has 2 saturated heterocycles. The van der Waals surface area contributed by atoms with Crippen molar-refractivity contribution in [3.8, 4) is 0 Å². The number of rotatable bonds is 5. The minimum atomic E-state index is -0.469. The molecule has 1 spiro atoms. The van der Waals surface area contributed by atoms with E-state index in [2.05, 4.69) is 29.6 Å². The van der Waals surface area contributed by atoms with Crippen LogP contribution in [0.25, 0.3) is 0 Å². The van der Waals surface area contributed by atoms with Gasteiger partial charge in [0.05, 0.1) is 22.3 Å². The maximum atomic E-state index is 13.6. The second-order valence-corrected chi connectivity index (χ2v) is 9.51. The Labute approximate surface area is 205 Å². The average Bonchev–Trinajstić information content (AvgIpc) is 3.11. The highest BCUT2D eigenvalue weighted by Gasteiger charge is 2.51. The lowest BCUT2D eigenvalue weighted by molar-refractivity contribution is -0.134. The second-order valence-electron chi connectivity index (χ2n) is 9.10. The Balaban J connectivity index is 1.37. The van der Waals surface area contributed by atoms with E-state index in [-0.39, 0.29) is 17.9 Å². The van der Waals surface area contributed by atoms with Gasteiger partial charge in [0.2, 0.25) is 5.91 Å². The molecule has 6 heteroatoms. The van der Waals surface area contributed by atoms with Gasteiger partial charge in [0.25, 0.3) is 5.91 Å². The van der Waals surface area contributed by atoms with Gasteiger partial charge in [0.1, 0.15) is 0 Å². The monoisotopic (exact) mass is 473 g/mol. The summed E-state index contributed by atoms with van der Waals surface area (Å²) in [6, 6.07) is 27.1. The number of amides is 2. The van der Waals surface area contributed by atoms with Crippen molar-refractivity contribution in [1.82, 2.24) is 15.1 Å². The van der Waals surface area contributed by atoms with E-state index in [1.807, 2.05) is 58.3 Å². The van der Waals surface area contributed by atoms with Crippen molar-refractivity contribution in [3.63, 3.8) is 0 Å². The number of likely N-dealkylation sites (tertiary alicyclic amines) is 1. The molecule has 0 aromatic heterocycles. The molecule has 3 aromatic carbocycles. The van der Waals surface area contributed by atoms with Crippen LogP contribution < -0.4 is 5.32 Å². The van der Waals surface area contributed by atoms with Gasteiger partial charge in [-0.25, -0.2) is 0 Å². The molecule has 0 aliphatic carbocycles. The average molecular weight is 474 g/mol. The first-order chi connectivity index (χ1) is 16.6. The quantitative estimate of drug-likeness (QED) is 0.593. The number of piperidine rings is 1. The highest BCUT2D eigenvalue weighted by Crippen LogP contribution is 2.35. The molecule has 5 nitrogen and oxygen atoms in total. The molecule has 174 valence electrons. The van der Waals surface area contributed by atoms with Crippen molar-refractivity contribution in [1.29, 1.82) is 0 Å². The van der Waals surface area contributed by atoms with Crippen LogP contribution in [0.15, 0.2) is 84.9 Å². The van der Waals surface area contributed by atoms with Gasteiger partial charge in [-0.15, -0.1) is 0 Å². The van der Waals surface area contributed by atoms with Gasteiger partial charge in [-0.05, 0) is 29.7 Å². The summed E-state index contributed by atoms with van der Waals surface area (Å²) in [5.74, 6) is 0.0683. The normalized spacial score (nSPS) is 19.6. The van der Waals surface area contributed by atoms with Crippen LogP contribution in [0.3, 0.4) is 0 Å². The predicted octanol–water partition coefficient (Wildman–Crippen LogP) is 4.52. The van der Waals surface area contributed by atoms with Crippen molar-refractivity contribution in [2.75, 3.05) is 13.1 Å². The van der Waals surface area contributed by atoms with Gasteiger partial charge >= 0.3 is 0 Å². The molecule has 5 rings (SSSR count). The Hall–Kier alpha value is -3.15. The fraction of sp³-hybridized carbons (Fsp3) is 0.286. The van der Waals surface area contributed by atoms with Crippen LogP contribution in [0, 0.1) is 0 Å². The van der Waals surface area contributed by atoms with Crippen molar-refractivity contribution in [2.24, 2.45) is 0 Å². The Morgan fingerprint density at radius 1 is 0.882 bits per heavy atom. The Morgan fingerprint density at radius 3 is 2.12 bits per heavy atom. The molecule has 2 amide bonds. The number of nitrogens with zero attached hydrogens (tertiary/aromatic N) is 2. The number of carbonyl (C=O) groups is 2. The number of nitrogens with one attached hydrogen (secondary N) is 1. The summed E-state index contributed by atoms with van der Waals surface area (Å²) in [5.41, 5.74) is 2.30. The Bertz CT molecular complexity index is 1160. The van der Waals surface area contributed by atoms with Crippen LogP contribution in [0.2, 0.25) is 5.02 Å². The number of hydrogen-bond donors (Lipinski definition) is 1. The van der Waals surface area contributed by atoms with Crippen molar-refractivity contribution in [2.45, 2.75) is 37.5 Å². The fourth-order valence-corrected chi connectivity index (χ4v) is 5.36. The van der Waals surface area contributed by atoms with Gasteiger partial charge < -0.3 is 9.80 Å². The first kappa shape index (κ1) is 22.6. The molecule has 1 N–H and O–H groups in total. The van der Waals surface area contributed by atoms with Crippen molar-refractivity contribution in [3.05, 3.63) is 107 Å².